The Morgan fingerprint density at radius 3 is 1.00 bits per heavy atom. The van der Waals surface area contributed by atoms with E-state index in [1.807, 2.05) is 125 Å². The fourth-order valence-electron chi connectivity index (χ4n) is 3.52. The van der Waals surface area contributed by atoms with Gasteiger partial charge in [0.2, 0.25) is 0 Å². The van der Waals surface area contributed by atoms with E-state index in [9.17, 15) is 0 Å². The van der Waals surface area contributed by atoms with Gasteiger partial charge in [-0.1, -0.05) is 70.8 Å². The van der Waals surface area contributed by atoms with E-state index in [0.29, 0.717) is 27.5 Å². The summed E-state index contributed by atoms with van der Waals surface area (Å²) in [6.07, 6.45) is 0. The zero-order valence-electron chi connectivity index (χ0n) is 20.9. The molecule has 4 rings (SSSR count). The van der Waals surface area contributed by atoms with Crippen LogP contribution in [0.1, 0.15) is 22.3 Å². The molecule has 0 aliphatic carbocycles. The van der Waals surface area contributed by atoms with Crippen molar-refractivity contribution < 1.29 is 18.9 Å². The van der Waals surface area contributed by atoms with Crippen LogP contribution in [0.15, 0.2) is 97.1 Å². The molecular weight excluding hydrogens is 452 g/mol. The quantitative estimate of drug-likeness (QED) is 0.220. The van der Waals surface area contributed by atoms with Crippen LogP contribution in [0.2, 0.25) is 0 Å². The molecule has 0 radical (unpaired) electrons. The Morgan fingerprint density at radius 2 is 0.714 bits per heavy atom. The molecule has 35 heavy (non-hydrogen) atoms. The van der Waals surface area contributed by atoms with Gasteiger partial charge in [0, 0.05) is 0 Å². The minimum Gasteiger partial charge on any atom is -0.483 e. The van der Waals surface area contributed by atoms with Crippen LogP contribution in [0, 0.1) is 27.7 Å². The molecule has 5 heteroatoms. The van der Waals surface area contributed by atoms with Crippen LogP contribution in [0.25, 0.3) is 0 Å². The minimum absolute atomic E-state index is 0.519. The highest BCUT2D eigenvalue weighted by Crippen LogP contribution is 2.31. The van der Waals surface area contributed by atoms with Crippen LogP contribution in [0.4, 0.5) is 0 Å². The molecule has 0 heterocycles. The number of rotatable bonds is 9. The van der Waals surface area contributed by atoms with E-state index in [-0.39, 0.29) is 0 Å². The highest BCUT2D eigenvalue weighted by Gasteiger charge is 2.47. The summed E-state index contributed by atoms with van der Waals surface area (Å²) in [5, 5.41) is 0. The van der Waals surface area contributed by atoms with Crippen LogP contribution < -0.4 is 18.9 Å². The van der Waals surface area contributed by atoms with Crippen molar-refractivity contribution in [3.63, 3.8) is 0 Å². The maximum Gasteiger partial charge on any atom is 0.452 e. The SMILES string of the molecule is Cc1ccc(OC([SiH3])C(Oc2ccc(C)cc2)(Oc2ccc(C)cc2)Oc2ccc(C)cc2)cc1. The van der Waals surface area contributed by atoms with Crippen molar-refractivity contribution in [2.24, 2.45) is 0 Å². The topological polar surface area (TPSA) is 36.9 Å². The van der Waals surface area contributed by atoms with Gasteiger partial charge in [-0.15, -0.1) is 0 Å². The van der Waals surface area contributed by atoms with Crippen molar-refractivity contribution in [2.75, 3.05) is 0 Å². The van der Waals surface area contributed by atoms with E-state index in [1.54, 1.807) is 0 Å². The van der Waals surface area contributed by atoms with Crippen molar-refractivity contribution in [3.05, 3.63) is 119 Å². The highest BCUT2D eigenvalue weighted by atomic mass is 28.1. The molecule has 0 spiro atoms. The fraction of sp³-hybridized carbons (Fsp3) is 0.200. The van der Waals surface area contributed by atoms with Crippen molar-refractivity contribution in [1.29, 1.82) is 0 Å². The van der Waals surface area contributed by atoms with Crippen LogP contribution >= 0.6 is 0 Å². The standard InChI is InChI=1S/C30H32O4Si/c1-21-5-13-25(14-6-21)31-29(35)30(32-26-15-7-22(2)8-16-26,33-27-17-9-23(3)10-18-27)34-28-19-11-24(4)12-20-28/h5-20,29H,1-4,35H3. The molecular formula is C30H32O4Si. The molecule has 4 aromatic carbocycles. The Balaban J connectivity index is 1.77. The Labute approximate surface area is 210 Å². The second-order valence-corrected chi connectivity index (χ2v) is 9.97. The maximum absolute atomic E-state index is 6.55. The summed E-state index contributed by atoms with van der Waals surface area (Å²) in [5.41, 5.74) is 4.06. The van der Waals surface area contributed by atoms with Gasteiger partial charge >= 0.3 is 5.97 Å². The average molecular weight is 485 g/mol. The second-order valence-electron chi connectivity index (χ2n) is 8.92. The first-order valence-electron chi connectivity index (χ1n) is 11.8. The Kier molecular flexibility index (Phi) is 7.47. The molecule has 0 aliphatic rings. The molecule has 0 aliphatic heterocycles. The molecule has 0 saturated heterocycles. The summed E-state index contributed by atoms with van der Waals surface area (Å²) < 4.78 is 26.1. The highest BCUT2D eigenvalue weighted by molar-refractivity contribution is 6.11. The first-order chi connectivity index (χ1) is 16.8. The number of aryl methyl sites for hydroxylation is 4. The molecule has 0 amide bonds. The molecule has 4 nitrogen and oxygen atoms in total. The maximum atomic E-state index is 6.55. The van der Waals surface area contributed by atoms with E-state index in [4.69, 9.17) is 18.9 Å². The lowest BCUT2D eigenvalue weighted by Crippen LogP contribution is -2.60. The monoisotopic (exact) mass is 484 g/mol. The second kappa shape index (κ2) is 10.7. The van der Waals surface area contributed by atoms with Gasteiger partial charge in [0.05, 0.1) is 10.2 Å². The van der Waals surface area contributed by atoms with Gasteiger partial charge < -0.3 is 18.9 Å². The molecule has 0 saturated carbocycles. The third-order valence-electron chi connectivity index (χ3n) is 5.68. The van der Waals surface area contributed by atoms with Gasteiger partial charge in [-0.25, -0.2) is 0 Å². The first kappa shape index (κ1) is 24.4. The van der Waals surface area contributed by atoms with E-state index >= 15 is 0 Å². The lowest BCUT2D eigenvalue weighted by atomic mass is 10.2. The summed E-state index contributed by atoms with van der Waals surface area (Å²) in [6, 6.07) is 31.5. The number of hydrogen-bond donors (Lipinski definition) is 0. The van der Waals surface area contributed by atoms with Crippen LogP contribution in [-0.4, -0.2) is 21.9 Å². The van der Waals surface area contributed by atoms with Gasteiger partial charge in [0.25, 0.3) is 0 Å². The van der Waals surface area contributed by atoms with Gasteiger partial charge in [-0.3, -0.25) is 0 Å². The van der Waals surface area contributed by atoms with E-state index in [0.717, 1.165) is 28.0 Å². The van der Waals surface area contributed by atoms with Crippen LogP contribution in [0.5, 0.6) is 23.0 Å². The number of benzene rings is 4. The molecule has 0 bridgehead atoms. The predicted octanol–water partition coefficient (Wildman–Crippen LogP) is 5.88. The molecule has 0 aromatic heterocycles. The van der Waals surface area contributed by atoms with Gasteiger partial charge in [0.15, 0.2) is 5.73 Å². The van der Waals surface area contributed by atoms with E-state index in [1.165, 1.54) is 0 Å². The van der Waals surface area contributed by atoms with Gasteiger partial charge in [-0.2, -0.15) is 0 Å². The third kappa shape index (κ3) is 6.46. The van der Waals surface area contributed by atoms with Crippen LogP contribution in [-0.2, 0) is 0 Å². The Bertz CT molecular complexity index is 1100. The summed E-state index contributed by atoms with van der Waals surface area (Å²) in [5.74, 6) is 1.05. The summed E-state index contributed by atoms with van der Waals surface area (Å²) >= 11 is 0. The normalized spacial score (nSPS) is 12.1. The lowest BCUT2D eigenvalue weighted by Gasteiger charge is -2.38. The Morgan fingerprint density at radius 1 is 0.457 bits per heavy atom. The summed E-state index contributed by atoms with van der Waals surface area (Å²) in [6.45, 7) is 8.17. The van der Waals surface area contributed by atoms with Crippen molar-refractivity contribution >= 4 is 10.2 Å². The van der Waals surface area contributed by atoms with E-state index < -0.39 is 11.7 Å². The molecule has 4 aromatic rings. The Hall–Kier alpha value is -3.70. The fourth-order valence-corrected chi connectivity index (χ4v) is 4.14. The third-order valence-corrected chi connectivity index (χ3v) is 6.62. The minimum atomic E-state index is -1.56. The van der Waals surface area contributed by atoms with Crippen molar-refractivity contribution in [1.82, 2.24) is 0 Å². The molecule has 0 fully saturated rings. The molecule has 180 valence electrons. The van der Waals surface area contributed by atoms with Crippen LogP contribution in [0.3, 0.4) is 0 Å². The molecule has 0 N–H and O–H groups in total. The summed E-state index contributed by atoms with van der Waals surface area (Å²) in [7, 11) is 0.559. The van der Waals surface area contributed by atoms with Gasteiger partial charge in [-0.05, 0) is 76.2 Å². The van der Waals surface area contributed by atoms with Crippen molar-refractivity contribution in [3.8, 4) is 23.0 Å². The number of hydrogen-bond acceptors (Lipinski definition) is 4. The average Bonchev–Trinajstić information content (AvgIpc) is 2.85. The van der Waals surface area contributed by atoms with Gasteiger partial charge in [0.1, 0.15) is 23.0 Å². The lowest BCUT2D eigenvalue weighted by molar-refractivity contribution is -0.278. The molecule has 1 unspecified atom stereocenters. The first-order valence-corrected chi connectivity index (χ1v) is 13.0. The molecule has 1 atom stereocenters. The largest absolute Gasteiger partial charge is 0.483 e. The summed E-state index contributed by atoms with van der Waals surface area (Å²) in [4.78, 5) is 0. The van der Waals surface area contributed by atoms with Crippen molar-refractivity contribution in [2.45, 2.75) is 39.4 Å². The predicted molar refractivity (Wildman–Crippen MR) is 144 cm³/mol. The number of ether oxygens (including phenoxy) is 4. The zero-order valence-corrected chi connectivity index (χ0v) is 22.9. The smallest absolute Gasteiger partial charge is 0.452 e. The zero-order chi connectivity index (χ0) is 24.8. The van der Waals surface area contributed by atoms with E-state index in [2.05, 4.69) is 0 Å².